The molecule has 2 amide bonds. The molecule has 0 bridgehead atoms. The highest BCUT2D eigenvalue weighted by atomic mass is 17.2. The van der Waals surface area contributed by atoms with Crippen molar-refractivity contribution in [2.24, 2.45) is 0 Å². The summed E-state index contributed by atoms with van der Waals surface area (Å²) in [5.74, 6) is -0.661. The van der Waals surface area contributed by atoms with E-state index in [2.05, 4.69) is 10.6 Å². The van der Waals surface area contributed by atoms with Crippen LogP contribution in [0.25, 0.3) is 0 Å². The molecule has 1 unspecified atom stereocenters. The van der Waals surface area contributed by atoms with Crippen LogP contribution in [-0.4, -0.2) is 68.4 Å². The lowest BCUT2D eigenvalue weighted by atomic mass is 10.2. The Kier molecular flexibility index (Phi) is 13.1. The molecule has 0 spiro atoms. The number of alkyl carbamates (subject to hydrolysis) is 2. The van der Waals surface area contributed by atoms with Gasteiger partial charge in [0.25, 0.3) is 0 Å². The number of esters is 1. The molecular weight excluding hydrogens is 460 g/mol. The lowest BCUT2D eigenvalue weighted by Crippen LogP contribution is -2.37. The largest absolute Gasteiger partial charge is 0.462 e. The monoisotopic (exact) mass is 498 g/mol. The number of carbonyl (C=O) groups is 3. The zero-order valence-electron chi connectivity index (χ0n) is 21.4. The van der Waals surface area contributed by atoms with Crippen molar-refractivity contribution in [1.82, 2.24) is 10.6 Å². The van der Waals surface area contributed by atoms with Gasteiger partial charge >= 0.3 is 18.2 Å². The predicted octanol–water partition coefficient (Wildman–Crippen LogP) is 3.11. The minimum atomic E-state index is -0.719. The van der Waals surface area contributed by atoms with Gasteiger partial charge in [-0.2, -0.15) is 0 Å². The van der Waals surface area contributed by atoms with E-state index < -0.39 is 35.5 Å². The summed E-state index contributed by atoms with van der Waals surface area (Å²) in [6, 6.07) is 9.45. The molecule has 0 aromatic heterocycles. The van der Waals surface area contributed by atoms with E-state index in [-0.39, 0.29) is 39.5 Å². The summed E-state index contributed by atoms with van der Waals surface area (Å²) in [5, 5.41) is 4.87. The maximum atomic E-state index is 12.0. The second-order valence-corrected chi connectivity index (χ2v) is 9.49. The van der Waals surface area contributed by atoms with Gasteiger partial charge in [0, 0.05) is 6.54 Å². The summed E-state index contributed by atoms with van der Waals surface area (Å²) in [6.07, 6.45) is -1.92. The molecule has 0 saturated carbocycles. The van der Waals surface area contributed by atoms with E-state index in [4.69, 9.17) is 28.7 Å². The van der Waals surface area contributed by atoms with Gasteiger partial charge in [-0.05, 0) is 47.1 Å². The van der Waals surface area contributed by atoms with Crippen LogP contribution >= 0.6 is 0 Å². The van der Waals surface area contributed by atoms with Gasteiger partial charge in [0.15, 0.2) is 0 Å². The lowest BCUT2D eigenvalue weighted by molar-refractivity contribution is -0.308. The van der Waals surface area contributed by atoms with Gasteiger partial charge in [0.2, 0.25) is 0 Å². The van der Waals surface area contributed by atoms with Crippen LogP contribution in [-0.2, 0) is 40.1 Å². The average Bonchev–Trinajstić information content (AvgIpc) is 2.74. The van der Waals surface area contributed by atoms with E-state index in [0.717, 1.165) is 5.56 Å². The molecule has 0 heterocycles. The third-order valence-corrected chi connectivity index (χ3v) is 3.73. The first kappa shape index (κ1) is 30.1. The van der Waals surface area contributed by atoms with Crippen molar-refractivity contribution in [2.45, 2.75) is 65.5 Å². The van der Waals surface area contributed by atoms with E-state index in [9.17, 15) is 14.4 Å². The molecule has 0 aliphatic rings. The number of hydrogen-bond acceptors (Lipinski definition) is 9. The molecule has 198 valence electrons. The Hall–Kier alpha value is -2.89. The molecule has 11 nitrogen and oxygen atoms in total. The Balaban J connectivity index is 2.40. The molecule has 1 atom stereocenters. The third-order valence-electron chi connectivity index (χ3n) is 3.73. The van der Waals surface area contributed by atoms with Crippen LogP contribution in [0.15, 0.2) is 30.3 Å². The molecule has 11 heteroatoms. The Morgan fingerprint density at radius 3 is 2.03 bits per heavy atom. The number of benzene rings is 1. The smallest absolute Gasteiger partial charge is 0.408 e. The Bertz CT molecular complexity index is 773. The average molecular weight is 499 g/mol. The molecule has 0 saturated heterocycles. The number of rotatable bonds is 13. The topological polar surface area (TPSA) is 131 Å². The van der Waals surface area contributed by atoms with E-state index >= 15 is 0 Å². The van der Waals surface area contributed by atoms with Crippen LogP contribution in [0.3, 0.4) is 0 Å². The number of amides is 2. The highest BCUT2D eigenvalue weighted by molar-refractivity contribution is 5.78. The summed E-state index contributed by atoms with van der Waals surface area (Å²) in [6.45, 7) is 10.5. The maximum Gasteiger partial charge on any atom is 0.408 e. The summed E-state index contributed by atoms with van der Waals surface area (Å²) in [7, 11) is 0. The van der Waals surface area contributed by atoms with Gasteiger partial charge in [0.05, 0.1) is 13.2 Å². The van der Waals surface area contributed by atoms with Crippen molar-refractivity contribution in [3.8, 4) is 0 Å². The Morgan fingerprint density at radius 1 is 0.829 bits per heavy atom. The molecule has 1 aromatic carbocycles. The second kappa shape index (κ2) is 15.2. The molecule has 0 radical (unpaired) electrons. The van der Waals surface area contributed by atoms with Crippen LogP contribution in [0.5, 0.6) is 0 Å². The maximum absolute atomic E-state index is 12.0. The fraction of sp³-hybridized carbons (Fsp3) is 0.625. The first-order chi connectivity index (χ1) is 16.3. The first-order valence-corrected chi connectivity index (χ1v) is 11.3. The quantitative estimate of drug-likeness (QED) is 0.138. The highest BCUT2D eigenvalue weighted by Gasteiger charge is 2.19. The van der Waals surface area contributed by atoms with Crippen molar-refractivity contribution in [1.29, 1.82) is 0 Å². The van der Waals surface area contributed by atoms with Crippen molar-refractivity contribution in [3.63, 3.8) is 0 Å². The normalized spacial score (nSPS) is 12.4. The summed E-state index contributed by atoms with van der Waals surface area (Å²) < 4.78 is 21.2. The van der Waals surface area contributed by atoms with Gasteiger partial charge in [-0.25, -0.2) is 19.4 Å². The minimum absolute atomic E-state index is 0.0357. The highest BCUT2D eigenvalue weighted by Crippen LogP contribution is 2.08. The number of nitrogens with one attached hydrogen (secondary N) is 2. The Morgan fingerprint density at radius 2 is 1.43 bits per heavy atom. The second-order valence-electron chi connectivity index (χ2n) is 9.49. The molecule has 0 aliphatic heterocycles. The van der Waals surface area contributed by atoms with E-state index in [0.29, 0.717) is 0 Å². The van der Waals surface area contributed by atoms with Gasteiger partial charge in [0.1, 0.15) is 37.1 Å². The fourth-order valence-corrected chi connectivity index (χ4v) is 2.32. The summed E-state index contributed by atoms with van der Waals surface area (Å²) >= 11 is 0. The first-order valence-electron chi connectivity index (χ1n) is 11.3. The molecule has 0 fully saturated rings. The minimum Gasteiger partial charge on any atom is -0.462 e. The Labute approximate surface area is 206 Å². The van der Waals surface area contributed by atoms with Gasteiger partial charge in [-0.15, -0.1) is 0 Å². The number of carbonyl (C=O) groups excluding carboxylic acids is 3. The molecule has 2 N–H and O–H groups in total. The summed E-state index contributed by atoms with van der Waals surface area (Å²) in [4.78, 5) is 45.5. The van der Waals surface area contributed by atoms with Crippen LogP contribution in [0.4, 0.5) is 9.59 Å². The van der Waals surface area contributed by atoms with Crippen molar-refractivity contribution < 1.29 is 43.1 Å². The zero-order valence-corrected chi connectivity index (χ0v) is 21.4. The van der Waals surface area contributed by atoms with Crippen LogP contribution < -0.4 is 10.6 Å². The molecule has 1 aromatic rings. The molecule has 0 aliphatic carbocycles. The zero-order chi connectivity index (χ0) is 26.3. The third kappa shape index (κ3) is 17.2. The van der Waals surface area contributed by atoms with Crippen molar-refractivity contribution in [2.75, 3.05) is 32.9 Å². The van der Waals surface area contributed by atoms with E-state index in [1.54, 1.807) is 41.5 Å². The predicted molar refractivity (Wildman–Crippen MR) is 126 cm³/mol. The molecular formula is C24H38N2O9. The number of hydrogen-bond donors (Lipinski definition) is 2. The standard InChI is InChI=1S/C24H38N2O9/c1-23(2,3)34-21(28)25-12-13-32-33-17-19(30-15-18-10-8-7-9-11-18)16-31-20(27)14-26-22(29)35-24(4,5)6/h7-11,19H,12-17H2,1-6H3,(H,25,28)(H,26,29). The molecule has 1 rings (SSSR count). The van der Waals surface area contributed by atoms with Crippen LogP contribution in [0.2, 0.25) is 0 Å². The lowest BCUT2D eigenvalue weighted by Gasteiger charge is -2.20. The number of ether oxygens (including phenoxy) is 4. The van der Waals surface area contributed by atoms with E-state index in [1.165, 1.54) is 0 Å². The van der Waals surface area contributed by atoms with E-state index in [1.807, 2.05) is 30.3 Å². The SMILES string of the molecule is CC(C)(C)OC(=O)NCCOOCC(COC(=O)CNC(=O)OC(C)(C)C)OCc1ccccc1. The van der Waals surface area contributed by atoms with Gasteiger partial charge in [-0.1, -0.05) is 30.3 Å². The van der Waals surface area contributed by atoms with Crippen molar-refractivity contribution in [3.05, 3.63) is 35.9 Å². The molecule has 35 heavy (non-hydrogen) atoms. The van der Waals surface area contributed by atoms with Gasteiger partial charge < -0.3 is 29.6 Å². The van der Waals surface area contributed by atoms with Crippen molar-refractivity contribution >= 4 is 18.2 Å². The van der Waals surface area contributed by atoms with Crippen LogP contribution in [0.1, 0.15) is 47.1 Å². The fourth-order valence-electron chi connectivity index (χ4n) is 2.32. The summed E-state index contributed by atoms with van der Waals surface area (Å²) in [5.41, 5.74) is -0.341. The van der Waals surface area contributed by atoms with Crippen LogP contribution in [0, 0.1) is 0 Å². The van der Waals surface area contributed by atoms with Gasteiger partial charge in [-0.3, -0.25) is 4.79 Å².